The summed E-state index contributed by atoms with van der Waals surface area (Å²) in [4.78, 5) is 25.1. The molecular formula is C24H23N3O5S2. The highest BCUT2D eigenvalue weighted by Gasteiger charge is 2.29. The summed E-state index contributed by atoms with van der Waals surface area (Å²) < 4.78 is 35.8. The first-order valence-electron chi connectivity index (χ1n) is 10.5. The average molecular weight is 498 g/mol. The van der Waals surface area contributed by atoms with Crippen LogP contribution in [-0.4, -0.2) is 32.5 Å². The van der Waals surface area contributed by atoms with Crippen molar-refractivity contribution in [3.8, 4) is 5.75 Å². The Kier molecular flexibility index (Phi) is 6.71. The van der Waals surface area contributed by atoms with Crippen LogP contribution in [0.15, 0.2) is 82.5 Å². The lowest BCUT2D eigenvalue weighted by atomic mass is 10.2. The largest absolute Gasteiger partial charge is 0.495 e. The van der Waals surface area contributed by atoms with Gasteiger partial charge >= 0.3 is 4.87 Å². The standard InChI is InChI=1S/C24H23N3O5S2/c1-3-26-20-14-13-17(15-22(20)33-24(26)29)25-23(28)16-27(19-11-7-8-12-21(19)32-2)34(30,31)18-9-5-4-6-10-18/h4-15H,3,16H2,1-2H3,(H,25,28). The molecule has 176 valence electrons. The van der Waals surface area contributed by atoms with Gasteiger partial charge in [-0.1, -0.05) is 41.7 Å². The summed E-state index contributed by atoms with van der Waals surface area (Å²) in [5, 5.41) is 2.75. The third-order valence-corrected chi connectivity index (χ3v) is 7.96. The summed E-state index contributed by atoms with van der Waals surface area (Å²) in [7, 11) is -2.62. The first kappa shape index (κ1) is 23.5. The van der Waals surface area contributed by atoms with Crippen LogP contribution < -0.4 is 19.2 Å². The number of anilines is 2. The van der Waals surface area contributed by atoms with Gasteiger partial charge in [0.25, 0.3) is 10.0 Å². The van der Waals surface area contributed by atoms with Gasteiger partial charge in [0.1, 0.15) is 12.3 Å². The zero-order chi connectivity index (χ0) is 24.3. The van der Waals surface area contributed by atoms with Crippen molar-refractivity contribution in [3.05, 3.63) is 82.5 Å². The number of aromatic nitrogens is 1. The number of rotatable bonds is 8. The van der Waals surface area contributed by atoms with E-state index in [2.05, 4.69) is 5.32 Å². The molecule has 1 amide bonds. The number of ether oxygens (including phenoxy) is 1. The number of nitrogens with one attached hydrogen (secondary N) is 1. The van der Waals surface area contributed by atoms with Crippen molar-refractivity contribution >= 4 is 48.9 Å². The van der Waals surface area contributed by atoms with Gasteiger partial charge < -0.3 is 10.1 Å². The minimum Gasteiger partial charge on any atom is -0.495 e. The third-order valence-electron chi connectivity index (χ3n) is 5.24. The van der Waals surface area contributed by atoms with Crippen LogP contribution >= 0.6 is 11.3 Å². The number of fused-ring (bicyclic) bond motifs is 1. The second-order valence-electron chi connectivity index (χ2n) is 7.34. The Morgan fingerprint density at radius 3 is 2.47 bits per heavy atom. The molecule has 0 unspecified atom stereocenters. The predicted molar refractivity (Wildman–Crippen MR) is 134 cm³/mol. The number of para-hydroxylation sites is 2. The summed E-state index contributed by atoms with van der Waals surface area (Å²) in [6.45, 7) is 1.97. The molecule has 4 rings (SSSR count). The molecule has 4 aromatic rings. The van der Waals surface area contributed by atoms with Crippen molar-refractivity contribution in [1.82, 2.24) is 4.57 Å². The number of amides is 1. The molecule has 0 aliphatic rings. The van der Waals surface area contributed by atoms with E-state index in [1.807, 2.05) is 6.92 Å². The molecule has 3 aromatic carbocycles. The molecule has 0 atom stereocenters. The Hall–Kier alpha value is -3.63. The van der Waals surface area contributed by atoms with Crippen LogP contribution in [0.3, 0.4) is 0 Å². The number of carbonyl (C=O) groups is 1. The van der Waals surface area contributed by atoms with Crippen LogP contribution in [0, 0.1) is 0 Å². The first-order valence-corrected chi connectivity index (χ1v) is 12.7. The van der Waals surface area contributed by atoms with Crippen LogP contribution in [0.25, 0.3) is 10.2 Å². The fourth-order valence-electron chi connectivity index (χ4n) is 3.63. The molecule has 0 spiro atoms. The maximum Gasteiger partial charge on any atom is 0.308 e. The van der Waals surface area contributed by atoms with E-state index in [0.717, 1.165) is 25.9 Å². The molecule has 1 N–H and O–H groups in total. The SMILES string of the molecule is CCn1c(=O)sc2cc(NC(=O)CN(c3ccccc3OC)S(=O)(=O)c3ccccc3)ccc21. The third kappa shape index (κ3) is 4.55. The number of carbonyl (C=O) groups excluding carboxylic acids is 1. The molecule has 34 heavy (non-hydrogen) atoms. The number of thiazole rings is 1. The van der Waals surface area contributed by atoms with E-state index in [-0.39, 0.29) is 15.5 Å². The summed E-state index contributed by atoms with van der Waals surface area (Å²) in [6.07, 6.45) is 0. The number of nitrogens with zero attached hydrogens (tertiary/aromatic N) is 2. The van der Waals surface area contributed by atoms with E-state index >= 15 is 0 Å². The van der Waals surface area contributed by atoms with Gasteiger partial charge in [0.15, 0.2) is 0 Å². The van der Waals surface area contributed by atoms with E-state index in [0.29, 0.717) is 18.0 Å². The number of hydrogen-bond acceptors (Lipinski definition) is 6. The summed E-state index contributed by atoms with van der Waals surface area (Å²) in [5.74, 6) is -0.214. The normalized spacial score (nSPS) is 11.4. The average Bonchev–Trinajstić information content (AvgIpc) is 3.17. The van der Waals surface area contributed by atoms with Gasteiger partial charge in [0, 0.05) is 12.2 Å². The first-order chi connectivity index (χ1) is 16.3. The van der Waals surface area contributed by atoms with Crippen molar-refractivity contribution in [1.29, 1.82) is 0 Å². The lowest BCUT2D eigenvalue weighted by molar-refractivity contribution is -0.114. The van der Waals surface area contributed by atoms with E-state index < -0.39 is 22.5 Å². The fourth-order valence-corrected chi connectivity index (χ4v) is 6.08. The molecule has 10 heteroatoms. The van der Waals surface area contributed by atoms with Crippen LogP contribution in [-0.2, 0) is 21.4 Å². The summed E-state index contributed by atoms with van der Waals surface area (Å²) in [5.41, 5.74) is 1.51. The van der Waals surface area contributed by atoms with Crippen LogP contribution in [0.4, 0.5) is 11.4 Å². The topological polar surface area (TPSA) is 97.7 Å². The van der Waals surface area contributed by atoms with E-state index in [1.165, 1.54) is 19.2 Å². The Labute approximate surface area is 201 Å². The number of hydrogen-bond donors (Lipinski definition) is 1. The quantitative estimate of drug-likeness (QED) is 0.398. The number of aryl methyl sites for hydroxylation is 1. The Morgan fingerprint density at radius 1 is 1.06 bits per heavy atom. The van der Waals surface area contributed by atoms with Crippen molar-refractivity contribution in [3.63, 3.8) is 0 Å². The maximum absolute atomic E-state index is 13.5. The van der Waals surface area contributed by atoms with E-state index in [1.54, 1.807) is 65.2 Å². The van der Waals surface area contributed by atoms with Crippen LogP contribution in [0.2, 0.25) is 0 Å². The molecule has 0 aliphatic heterocycles. The molecule has 1 heterocycles. The lowest BCUT2D eigenvalue weighted by Crippen LogP contribution is -2.38. The highest BCUT2D eigenvalue weighted by molar-refractivity contribution is 7.92. The van der Waals surface area contributed by atoms with Gasteiger partial charge in [-0.15, -0.1) is 0 Å². The Balaban J connectivity index is 1.67. The minimum absolute atomic E-state index is 0.0563. The van der Waals surface area contributed by atoms with Gasteiger partial charge in [-0.25, -0.2) is 8.42 Å². The van der Waals surface area contributed by atoms with Crippen molar-refractivity contribution in [2.45, 2.75) is 18.4 Å². The molecule has 0 bridgehead atoms. The molecule has 8 nitrogen and oxygen atoms in total. The van der Waals surface area contributed by atoms with Gasteiger partial charge in [0.2, 0.25) is 5.91 Å². The van der Waals surface area contributed by atoms with Crippen LogP contribution in [0.1, 0.15) is 6.92 Å². The van der Waals surface area contributed by atoms with Gasteiger partial charge in [-0.3, -0.25) is 18.5 Å². The Bertz CT molecular complexity index is 1490. The molecule has 0 saturated carbocycles. The predicted octanol–water partition coefficient (Wildman–Crippen LogP) is 3.93. The molecule has 0 radical (unpaired) electrons. The highest BCUT2D eigenvalue weighted by Crippen LogP contribution is 2.32. The zero-order valence-corrected chi connectivity index (χ0v) is 20.2. The van der Waals surface area contributed by atoms with E-state index in [4.69, 9.17) is 4.74 Å². The summed E-state index contributed by atoms with van der Waals surface area (Å²) in [6, 6.07) is 19.7. The van der Waals surface area contributed by atoms with Gasteiger partial charge in [0.05, 0.1) is 27.9 Å². The number of sulfonamides is 1. The van der Waals surface area contributed by atoms with Crippen molar-refractivity contribution in [2.75, 3.05) is 23.3 Å². The lowest BCUT2D eigenvalue weighted by Gasteiger charge is -2.25. The minimum atomic E-state index is -4.06. The molecule has 0 saturated heterocycles. The zero-order valence-electron chi connectivity index (χ0n) is 18.6. The molecule has 0 aliphatic carbocycles. The van der Waals surface area contributed by atoms with Crippen LogP contribution in [0.5, 0.6) is 5.75 Å². The van der Waals surface area contributed by atoms with Crippen molar-refractivity contribution in [2.24, 2.45) is 0 Å². The molecular weight excluding hydrogens is 474 g/mol. The number of methoxy groups -OCH3 is 1. The van der Waals surface area contributed by atoms with E-state index in [9.17, 15) is 18.0 Å². The van der Waals surface area contributed by atoms with Crippen molar-refractivity contribution < 1.29 is 17.9 Å². The highest BCUT2D eigenvalue weighted by atomic mass is 32.2. The summed E-state index contributed by atoms with van der Waals surface area (Å²) >= 11 is 1.10. The number of benzene rings is 3. The molecule has 1 aromatic heterocycles. The monoisotopic (exact) mass is 497 g/mol. The second kappa shape index (κ2) is 9.70. The smallest absolute Gasteiger partial charge is 0.308 e. The Morgan fingerprint density at radius 2 is 1.76 bits per heavy atom. The second-order valence-corrected chi connectivity index (χ2v) is 10.2. The fraction of sp³-hybridized carbons (Fsp3) is 0.167. The van der Waals surface area contributed by atoms with Gasteiger partial charge in [-0.05, 0) is 49.4 Å². The molecule has 0 fully saturated rings. The maximum atomic E-state index is 13.5. The van der Waals surface area contributed by atoms with Gasteiger partial charge in [-0.2, -0.15) is 0 Å².